The highest BCUT2D eigenvalue weighted by Gasteiger charge is 2.30. The van der Waals surface area contributed by atoms with Crippen LogP contribution in [0.4, 0.5) is 13.2 Å². The Morgan fingerprint density at radius 1 is 1.19 bits per heavy atom. The lowest BCUT2D eigenvalue weighted by Crippen LogP contribution is -2.16. The minimum absolute atomic E-state index is 0.623. The molecule has 1 aromatic rings. The number of hydrogen-bond acceptors (Lipinski definition) is 0. The molecule has 0 nitrogen and oxygen atoms in total. The SMILES string of the molecule is C#C[C@](C)(C=C)c1ccc(C(F)(F)F)cc1. The molecule has 0 aliphatic heterocycles. The van der Waals surface area contributed by atoms with Crippen molar-refractivity contribution in [2.75, 3.05) is 0 Å². The Labute approximate surface area is 92.8 Å². The fourth-order valence-electron chi connectivity index (χ4n) is 1.27. The molecule has 1 aromatic carbocycles. The maximum absolute atomic E-state index is 12.3. The van der Waals surface area contributed by atoms with Crippen molar-refractivity contribution in [3.05, 3.63) is 48.0 Å². The zero-order valence-corrected chi connectivity index (χ0v) is 8.81. The van der Waals surface area contributed by atoms with Gasteiger partial charge in [-0.15, -0.1) is 13.0 Å². The largest absolute Gasteiger partial charge is 0.416 e. The molecule has 0 aromatic heterocycles. The van der Waals surface area contributed by atoms with Gasteiger partial charge in [0.25, 0.3) is 0 Å². The topological polar surface area (TPSA) is 0 Å². The maximum atomic E-state index is 12.3. The lowest BCUT2D eigenvalue weighted by atomic mass is 9.83. The summed E-state index contributed by atoms with van der Waals surface area (Å²) in [6, 6.07) is 4.80. The molecule has 0 aliphatic rings. The third-order valence-corrected chi connectivity index (χ3v) is 2.52. The van der Waals surface area contributed by atoms with Gasteiger partial charge in [-0.25, -0.2) is 0 Å². The van der Waals surface area contributed by atoms with Crippen molar-refractivity contribution >= 4 is 0 Å². The van der Waals surface area contributed by atoms with E-state index in [-0.39, 0.29) is 0 Å². The summed E-state index contributed by atoms with van der Waals surface area (Å²) in [4.78, 5) is 0. The lowest BCUT2D eigenvalue weighted by molar-refractivity contribution is -0.137. The van der Waals surface area contributed by atoms with Gasteiger partial charge in [0, 0.05) is 0 Å². The molecule has 1 atom stereocenters. The summed E-state index contributed by atoms with van der Waals surface area (Å²) in [6.07, 6.45) is 2.55. The minimum atomic E-state index is -4.32. The van der Waals surface area contributed by atoms with E-state index in [9.17, 15) is 13.2 Å². The maximum Gasteiger partial charge on any atom is 0.416 e. The molecule has 0 amide bonds. The summed E-state index contributed by atoms with van der Waals surface area (Å²) in [7, 11) is 0. The average molecular weight is 224 g/mol. The Bertz CT molecular complexity index is 420. The predicted octanol–water partition coefficient (Wildman–Crippen LogP) is 3.78. The van der Waals surface area contributed by atoms with Gasteiger partial charge in [0.15, 0.2) is 0 Å². The fraction of sp³-hybridized carbons (Fsp3) is 0.231. The van der Waals surface area contributed by atoms with Crippen molar-refractivity contribution in [3.63, 3.8) is 0 Å². The Balaban J connectivity index is 3.15. The third kappa shape index (κ3) is 2.27. The Morgan fingerprint density at radius 2 is 1.62 bits per heavy atom. The second-order valence-electron chi connectivity index (χ2n) is 3.63. The molecule has 3 heteroatoms. The van der Waals surface area contributed by atoms with Crippen LogP contribution in [-0.4, -0.2) is 0 Å². The first kappa shape index (κ1) is 12.4. The molecular weight excluding hydrogens is 213 g/mol. The Hall–Kier alpha value is -1.69. The number of benzene rings is 1. The van der Waals surface area contributed by atoms with Crippen LogP contribution in [0.5, 0.6) is 0 Å². The molecule has 0 bridgehead atoms. The van der Waals surface area contributed by atoms with Crippen LogP contribution in [0.25, 0.3) is 0 Å². The summed E-state index contributed by atoms with van der Waals surface area (Å²) in [5, 5.41) is 0. The zero-order valence-electron chi connectivity index (χ0n) is 8.81. The Kier molecular flexibility index (Phi) is 3.14. The highest BCUT2D eigenvalue weighted by atomic mass is 19.4. The van der Waals surface area contributed by atoms with Crippen LogP contribution in [0.3, 0.4) is 0 Å². The van der Waals surface area contributed by atoms with E-state index in [0.717, 1.165) is 12.1 Å². The van der Waals surface area contributed by atoms with Crippen molar-refractivity contribution in [2.45, 2.75) is 18.5 Å². The van der Waals surface area contributed by atoms with Gasteiger partial charge in [0.2, 0.25) is 0 Å². The molecule has 0 N–H and O–H groups in total. The smallest absolute Gasteiger partial charge is 0.166 e. The Morgan fingerprint density at radius 3 is 1.94 bits per heavy atom. The van der Waals surface area contributed by atoms with Crippen LogP contribution in [0.1, 0.15) is 18.1 Å². The third-order valence-electron chi connectivity index (χ3n) is 2.52. The van der Waals surface area contributed by atoms with E-state index >= 15 is 0 Å². The summed E-state index contributed by atoms with van der Waals surface area (Å²) in [5.41, 5.74) is -0.790. The van der Waals surface area contributed by atoms with Gasteiger partial charge in [-0.2, -0.15) is 13.2 Å². The molecule has 84 valence electrons. The van der Waals surface area contributed by atoms with Crippen molar-refractivity contribution in [1.29, 1.82) is 0 Å². The number of allylic oxidation sites excluding steroid dienone is 1. The second-order valence-corrected chi connectivity index (χ2v) is 3.63. The fourth-order valence-corrected chi connectivity index (χ4v) is 1.27. The highest BCUT2D eigenvalue weighted by molar-refractivity contribution is 5.40. The normalized spacial score (nSPS) is 14.9. The quantitative estimate of drug-likeness (QED) is 0.529. The second kappa shape index (κ2) is 4.05. The first-order chi connectivity index (χ1) is 7.33. The van der Waals surface area contributed by atoms with Crippen LogP contribution in [0, 0.1) is 12.3 Å². The first-order valence-electron chi connectivity index (χ1n) is 4.62. The lowest BCUT2D eigenvalue weighted by Gasteiger charge is -2.19. The van der Waals surface area contributed by atoms with Gasteiger partial charge in [-0.1, -0.05) is 24.1 Å². The monoisotopic (exact) mass is 224 g/mol. The van der Waals surface area contributed by atoms with Crippen LogP contribution < -0.4 is 0 Å². The standard InChI is InChI=1S/C13H11F3/c1-4-12(3,5-2)10-6-8-11(9-7-10)13(14,15)16/h1,5-9H,2H2,3H3/t12-/m1/s1. The van der Waals surface area contributed by atoms with Gasteiger partial charge in [-0.3, -0.25) is 0 Å². The molecule has 0 spiro atoms. The number of halogens is 3. The van der Waals surface area contributed by atoms with Gasteiger partial charge >= 0.3 is 6.18 Å². The van der Waals surface area contributed by atoms with E-state index in [4.69, 9.17) is 6.42 Å². The number of terminal acetylenes is 1. The molecule has 0 radical (unpaired) electrons. The van der Waals surface area contributed by atoms with Crippen LogP contribution in [-0.2, 0) is 11.6 Å². The van der Waals surface area contributed by atoms with E-state index in [1.165, 1.54) is 18.2 Å². The van der Waals surface area contributed by atoms with E-state index < -0.39 is 17.2 Å². The van der Waals surface area contributed by atoms with Crippen molar-refractivity contribution in [1.82, 2.24) is 0 Å². The summed E-state index contributed by atoms with van der Waals surface area (Å²) < 4.78 is 37.0. The molecule has 0 aliphatic carbocycles. The van der Waals surface area contributed by atoms with Crippen LogP contribution in [0.2, 0.25) is 0 Å². The van der Waals surface area contributed by atoms with Gasteiger partial charge in [0.1, 0.15) is 0 Å². The van der Waals surface area contributed by atoms with E-state index in [1.807, 2.05) is 0 Å². The molecule has 0 fully saturated rings. The molecule has 1 rings (SSSR count). The van der Waals surface area contributed by atoms with E-state index in [2.05, 4.69) is 12.5 Å². The number of hydrogen-bond donors (Lipinski definition) is 0. The zero-order chi connectivity index (χ0) is 12.4. The molecule has 0 saturated carbocycles. The molecule has 0 heterocycles. The number of rotatable bonds is 2. The van der Waals surface area contributed by atoms with Crippen LogP contribution >= 0.6 is 0 Å². The van der Waals surface area contributed by atoms with E-state index in [1.54, 1.807) is 6.92 Å². The molecule has 16 heavy (non-hydrogen) atoms. The molecular formula is C13H11F3. The number of alkyl halides is 3. The van der Waals surface area contributed by atoms with Gasteiger partial charge < -0.3 is 0 Å². The predicted molar refractivity (Wildman–Crippen MR) is 57.8 cm³/mol. The van der Waals surface area contributed by atoms with Crippen molar-refractivity contribution in [3.8, 4) is 12.3 Å². The summed E-state index contributed by atoms with van der Waals surface area (Å²) >= 11 is 0. The summed E-state index contributed by atoms with van der Waals surface area (Å²) in [5.74, 6) is 2.50. The molecule has 0 unspecified atom stereocenters. The first-order valence-corrected chi connectivity index (χ1v) is 4.62. The highest BCUT2D eigenvalue weighted by Crippen LogP contribution is 2.31. The van der Waals surface area contributed by atoms with Crippen LogP contribution in [0.15, 0.2) is 36.9 Å². The minimum Gasteiger partial charge on any atom is -0.166 e. The van der Waals surface area contributed by atoms with Gasteiger partial charge in [-0.05, 0) is 24.6 Å². The summed E-state index contributed by atoms with van der Waals surface area (Å²) in [6.45, 7) is 5.31. The van der Waals surface area contributed by atoms with Gasteiger partial charge in [0.05, 0.1) is 11.0 Å². The average Bonchev–Trinajstić information content (AvgIpc) is 2.27. The molecule has 0 saturated heterocycles. The van der Waals surface area contributed by atoms with E-state index in [0.29, 0.717) is 5.56 Å². The van der Waals surface area contributed by atoms with Crippen molar-refractivity contribution < 1.29 is 13.2 Å². The van der Waals surface area contributed by atoms with Crippen molar-refractivity contribution in [2.24, 2.45) is 0 Å².